The summed E-state index contributed by atoms with van der Waals surface area (Å²) < 4.78 is 6.85. The van der Waals surface area contributed by atoms with Gasteiger partial charge in [0.15, 0.2) is 0 Å². The summed E-state index contributed by atoms with van der Waals surface area (Å²) in [5.41, 5.74) is 2.87. The Kier molecular flexibility index (Phi) is 4.10. The predicted octanol–water partition coefficient (Wildman–Crippen LogP) is 2.44. The topological polar surface area (TPSA) is 33.3 Å². The maximum absolute atomic E-state index is 5.62. The maximum atomic E-state index is 5.62. The zero-order chi connectivity index (χ0) is 13.2. The molecule has 2 N–H and O–H groups in total. The highest BCUT2D eigenvalue weighted by molar-refractivity contribution is 9.10. The van der Waals surface area contributed by atoms with E-state index >= 15 is 0 Å². The molecule has 1 aliphatic heterocycles. The molecular weight excluding hydrogens is 304 g/mol. The van der Waals surface area contributed by atoms with Gasteiger partial charge in [-0.1, -0.05) is 15.9 Å². The molecule has 0 aromatic heterocycles. The summed E-state index contributed by atoms with van der Waals surface area (Å²) in [4.78, 5) is 0. The molecule has 1 aromatic carbocycles. The first-order valence-corrected chi connectivity index (χ1v) is 7.90. The van der Waals surface area contributed by atoms with Gasteiger partial charge in [-0.3, -0.25) is 0 Å². The van der Waals surface area contributed by atoms with Crippen LogP contribution in [0.15, 0.2) is 16.6 Å². The largest absolute Gasteiger partial charge is 0.496 e. The van der Waals surface area contributed by atoms with Gasteiger partial charge in [-0.15, -0.1) is 0 Å². The summed E-state index contributed by atoms with van der Waals surface area (Å²) in [5, 5.41) is 7.17. The van der Waals surface area contributed by atoms with Crippen LogP contribution in [-0.4, -0.2) is 32.8 Å². The number of piperazine rings is 1. The molecule has 104 valence electrons. The average Bonchev–Trinajstić information content (AvgIpc) is 2.48. The number of halogens is 1. The van der Waals surface area contributed by atoms with Gasteiger partial charge in [-0.25, -0.2) is 0 Å². The predicted molar refractivity (Wildman–Crippen MR) is 81.0 cm³/mol. The van der Waals surface area contributed by atoms with Crippen LogP contribution in [0.25, 0.3) is 0 Å². The Hall–Kier alpha value is -0.580. The van der Waals surface area contributed by atoms with Gasteiger partial charge in [-0.2, -0.15) is 0 Å². The quantitative estimate of drug-likeness (QED) is 0.876. The first-order chi connectivity index (χ1) is 9.31. The Labute approximate surface area is 123 Å². The van der Waals surface area contributed by atoms with Crippen LogP contribution in [0.5, 0.6) is 5.75 Å². The molecule has 3 rings (SSSR count). The van der Waals surface area contributed by atoms with Crippen molar-refractivity contribution in [2.75, 3.05) is 26.7 Å². The van der Waals surface area contributed by atoms with Crippen LogP contribution >= 0.6 is 15.9 Å². The summed E-state index contributed by atoms with van der Waals surface area (Å²) in [6, 6.07) is 4.74. The second-order valence-electron chi connectivity index (χ2n) is 5.41. The third kappa shape index (κ3) is 2.54. The maximum Gasteiger partial charge on any atom is 0.122 e. The molecule has 3 nitrogen and oxygen atoms in total. The molecule has 0 radical (unpaired) electrons. The van der Waals surface area contributed by atoms with Crippen molar-refractivity contribution >= 4 is 15.9 Å². The number of fused-ring (bicyclic) bond motifs is 1. The standard InChI is InChI=1S/C15H21BrN2O/c1-19-14-6-5-12(16)10-3-2-4-11(15(10)14)13-9-17-7-8-18-13/h5-6,11,13,17-18H,2-4,7-9H2,1H3. The Morgan fingerprint density at radius 3 is 2.95 bits per heavy atom. The molecular formula is C15H21BrN2O. The Morgan fingerprint density at radius 1 is 1.32 bits per heavy atom. The second kappa shape index (κ2) is 5.81. The molecule has 2 unspecified atom stereocenters. The fourth-order valence-corrected chi connectivity index (χ4v) is 4.00. The highest BCUT2D eigenvalue weighted by Crippen LogP contribution is 2.42. The average molecular weight is 325 g/mol. The fourth-order valence-electron chi connectivity index (χ4n) is 3.46. The number of ether oxygens (including phenoxy) is 1. The van der Waals surface area contributed by atoms with Crippen LogP contribution in [-0.2, 0) is 6.42 Å². The lowest BCUT2D eigenvalue weighted by molar-refractivity contribution is 0.328. The van der Waals surface area contributed by atoms with Crippen LogP contribution < -0.4 is 15.4 Å². The zero-order valence-electron chi connectivity index (χ0n) is 11.3. The van der Waals surface area contributed by atoms with Gasteiger partial charge in [0, 0.05) is 41.6 Å². The van der Waals surface area contributed by atoms with Crippen LogP contribution in [0.2, 0.25) is 0 Å². The van der Waals surface area contributed by atoms with Crippen molar-refractivity contribution in [2.45, 2.75) is 31.2 Å². The summed E-state index contributed by atoms with van der Waals surface area (Å²) in [6.45, 7) is 3.19. The Bertz CT molecular complexity index is 458. The van der Waals surface area contributed by atoms with Crippen molar-refractivity contribution < 1.29 is 4.74 Å². The summed E-state index contributed by atoms with van der Waals surface area (Å²) in [7, 11) is 1.78. The zero-order valence-corrected chi connectivity index (χ0v) is 12.9. The molecule has 2 atom stereocenters. The summed E-state index contributed by atoms with van der Waals surface area (Å²) in [6.07, 6.45) is 3.67. The van der Waals surface area contributed by atoms with Crippen molar-refractivity contribution in [1.82, 2.24) is 10.6 Å². The summed E-state index contributed by atoms with van der Waals surface area (Å²) in [5.74, 6) is 1.61. The van der Waals surface area contributed by atoms with Crippen LogP contribution in [0.3, 0.4) is 0 Å². The third-order valence-electron chi connectivity index (χ3n) is 4.35. The number of hydrogen-bond acceptors (Lipinski definition) is 3. The van der Waals surface area contributed by atoms with E-state index in [-0.39, 0.29) is 0 Å². The van der Waals surface area contributed by atoms with Gasteiger partial charge in [0.25, 0.3) is 0 Å². The Morgan fingerprint density at radius 2 is 2.21 bits per heavy atom. The minimum absolute atomic E-state index is 0.524. The number of benzene rings is 1. The highest BCUT2D eigenvalue weighted by atomic mass is 79.9. The lowest BCUT2D eigenvalue weighted by atomic mass is 9.77. The van der Waals surface area contributed by atoms with E-state index in [0.29, 0.717) is 12.0 Å². The van der Waals surface area contributed by atoms with Gasteiger partial charge >= 0.3 is 0 Å². The lowest BCUT2D eigenvalue weighted by Crippen LogP contribution is -2.51. The van der Waals surface area contributed by atoms with Gasteiger partial charge in [0.2, 0.25) is 0 Å². The van der Waals surface area contributed by atoms with Gasteiger partial charge in [0.1, 0.15) is 5.75 Å². The SMILES string of the molecule is COc1ccc(Br)c2c1C(C1CNCCN1)CCC2. The van der Waals surface area contributed by atoms with Crippen LogP contribution in [0.4, 0.5) is 0 Å². The normalized spacial score (nSPS) is 26.8. The molecule has 1 heterocycles. The summed E-state index contributed by atoms with van der Waals surface area (Å²) >= 11 is 3.71. The molecule has 1 aliphatic carbocycles. The first-order valence-electron chi connectivity index (χ1n) is 7.10. The fraction of sp³-hybridized carbons (Fsp3) is 0.600. The lowest BCUT2D eigenvalue weighted by Gasteiger charge is -2.36. The molecule has 0 bridgehead atoms. The third-order valence-corrected chi connectivity index (χ3v) is 5.09. The van der Waals surface area contributed by atoms with E-state index in [1.54, 1.807) is 7.11 Å². The highest BCUT2D eigenvalue weighted by Gasteiger charge is 2.32. The molecule has 19 heavy (non-hydrogen) atoms. The van der Waals surface area contributed by atoms with E-state index in [9.17, 15) is 0 Å². The van der Waals surface area contributed by atoms with Crippen LogP contribution in [0.1, 0.15) is 29.9 Å². The molecule has 2 aliphatic rings. The van der Waals surface area contributed by atoms with Crippen molar-refractivity contribution in [1.29, 1.82) is 0 Å². The van der Waals surface area contributed by atoms with E-state index in [2.05, 4.69) is 38.7 Å². The van der Waals surface area contributed by atoms with E-state index in [1.807, 2.05) is 0 Å². The molecule has 1 fully saturated rings. The molecule has 0 saturated carbocycles. The number of methoxy groups -OCH3 is 1. The molecule has 4 heteroatoms. The second-order valence-corrected chi connectivity index (χ2v) is 6.26. The van der Waals surface area contributed by atoms with Crippen molar-refractivity contribution in [3.63, 3.8) is 0 Å². The minimum Gasteiger partial charge on any atom is -0.496 e. The molecule has 0 amide bonds. The van der Waals surface area contributed by atoms with E-state index in [1.165, 1.54) is 28.4 Å². The van der Waals surface area contributed by atoms with E-state index < -0.39 is 0 Å². The van der Waals surface area contributed by atoms with Gasteiger partial charge < -0.3 is 15.4 Å². The van der Waals surface area contributed by atoms with Crippen molar-refractivity contribution in [3.8, 4) is 5.75 Å². The van der Waals surface area contributed by atoms with Gasteiger partial charge in [-0.05, 0) is 37.0 Å². The molecule has 1 aromatic rings. The number of rotatable bonds is 2. The minimum atomic E-state index is 0.524. The monoisotopic (exact) mass is 324 g/mol. The molecule has 0 spiro atoms. The smallest absolute Gasteiger partial charge is 0.122 e. The first kappa shape index (κ1) is 13.4. The Balaban J connectivity index is 1.99. The number of nitrogens with one attached hydrogen (secondary N) is 2. The van der Waals surface area contributed by atoms with E-state index in [4.69, 9.17) is 4.74 Å². The van der Waals surface area contributed by atoms with Crippen LogP contribution in [0, 0.1) is 0 Å². The van der Waals surface area contributed by atoms with Crippen molar-refractivity contribution in [2.24, 2.45) is 0 Å². The number of hydrogen-bond donors (Lipinski definition) is 2. The van der Waals surface area contributed by atoms with Crippen molar-refractivity contribution in [3.05, 3.63) is 27.7 Å². The van der Waals surface area contributed by atoms with Gasteiger partial charge in [0.05, 0.1) is 7.11 Å². The van der Waals surface area contributed by atoms with E-state index in [0.717, 1.165) is 31.8 Å². The molecule has 1 saturated heterocycles.